The third-order valence-electron chi connectivity index (χ3n) is 3.76. The fraction of sp³-hybridized carbons (Fsp3) is 0.357. The van der Waals surface area contributed by atoms with E-state index in [9.17, 15) is 4.79 Å². The molecule has 0 aromatic heterocycles. The van der Waals surface area contributed by atoms with Crippen LogP contribution in [0, 0.1) is 0 Å². The SMILES string of the molecule is O=C1Cc2cc3c(cc2C=C2CCCN12)OCO3. The van der Waals surface area contributed by atoms with Gasteiger partial charge < -0.3 is 14.4 Å². The molecule has 0 bridgehead atoms. The Morgan fingerprint density at radius 3 is 2.89 bits per heavy atom. The first kappa shape index (κ1) is 10.00. The van der Waals surface area contributed by atoms with Crippen LogP contribution in [0.1, 0.15) is 24.0 Å². The molecule has 1 saturated heterocycles. The Bertz CT molecular complexity index is 577. The Morgan fingerprint density at radius 2 is 2.00 bits per heavy atom. The predicted octanol–water partition coefficient (Wildman–Crippen LogP) is 1.93. The van der Waals surface area contributed by atoms with Crippen LogP contribution < -0.4 is 9.47 Å². The number of ether oxygens (including phenoxy) is 2. The number of carbonyl (C=O) groups excluding carboxylic acids is 1. The molecule has 4 rings (SSSR count). The van der Waals surface area contributed by atoms with E-state index in [0.29, 0.717) is 6.42 Å². The number of hydrogen-bond donors (Lipinski definition) is 0. The van der Waals surface area contributed by atoms with Crippen molar-refractivity contribution in [1.29, 1.82) is 0 Å². The molecular formula is C14H13NO3. The zero-order chi connectivity index (χ0) is 12.1. The van der Waals surface area contributed by atoms with Crippen molar-refractivity contribution in [2.45, 2.75) is 19.3 Å². The Morgan fingerprint density at radius 1 is 1.17 bits per heavy atom. The van der Waals surface area contributed by atoms with Gasteiger partial charge in [0.05, 0.1) is 6.42 Å². The second-order valence-electron chi connectivity index (χ2n) is 4.87. The summed E-state index contributed by atoms with van der Waals surface area (Å²) in [6.45, 7) is 1.13. The zero-order valence-electron chi connectivity index (χ0n) is 9.94. The van der Waals surface area contributed by atoms with Gasteiger partial charge >= 0.3 is 0 Å². The minimum atomic E-state index is 0.191. The molecule has 0 saturated carbocycles. The number of nitrogens with zero attached hydrogens (tertiary/aromatic N) is 1. The van der Waals surface area contributed by atoms with E-state index in [0.717, 1.165) is 47.7 Å². The summed E-state index contributed by atoms with van der Waals surface area (Å²) < 4.78 is 10.8. The van der Waals surface area contributed by atoms with Crippen molar-refractivity contribution in [1.82, 2.24) is 4.90 Å². The van der Waals surface area contributed by atoms with Crippen molar-refractivity contribution in [2.75, 3.05) is 13.3 Å². The molecule has 0 aliphatic carbocycles. The van der Waals surface area contributed by atoms with Crippen molar-refractivity contribution in [3.63, 3.8) is 0 Å². The number of hydrogen-bond acceptors (Lipinski definition) is 3. The average Bonchev–Trinajstić information content (AvgIpc) is 2.95. The molecule has 1 aromatic carbocycles. The van der Waals surface area contributed by atoms with Crippen molar-refractivity contribution in [2.24, 2.45) is 0 Å². The van der Waals surface area contributed by atoms with Gasteiger partial charge in [-0.1, -0.05) is 0 Å². The molecule has 1 fully saturated rings. The number of benzene rings is 1. The quantitative estimate of drug-likeness (QED) is 0.699. The van der Waals surface area contributed by atoms with Gasteiger partial charge in [-0.25, -0.2) is 0 Å². The molecule has 3 aliphatic rings. The minimum Gasteiger partial charge on any atom is -0.454 e. The number of rotatable bonds is 0. The normalized spacial score (nSPS) is 20.3. The van der Waals surface area contributed by atoms with Gasteiger partial charge in [-0.15, -0.1) is 0 Å². The molecule has 4 heteroatoms. The van der Waals surface area contributed by atoms with Crippen molar-refractivity contribution in [3.05, 3.63) is 29.0 Å². The fourth-order valence-corrected chi connectivity index (χ4v) is 2.86. The van der Waals surface area contributed by atoms with E-state index < -0.39 is 0 Å². The second-order valence-corrected chi connectivity index (χ2v) is 4.87. The molecule has 1 amide bonds. The minimum absolute atomic E-state index is 0.191. The van der Waals surface area contributed by atoms with Crippen LogP contribution in [0.5, 0.6) is 11.5 Å². The molecule has 0 atom stereocenters. The van der Waals surface area contributed by atoms with Crippen LogP contribution in [-0.2, 0) is 11.2 Å². The van der Waals surface area contributed by atoms with E-state index in [1.54, 1.807) is 0 Å². The first-order chi connectivity index (χ1) is 8.81. The topological polar surface area (TPSA) is 38.8 Å². The molecular weight excluding hydrogens is 230 g/mol. The summed E-state index contributed by atoms with van der Waals surface area (Å²) in [5.41, 5.74) is 3.26. The van der Waals surface area contributed by atoms with Crippen LogP contribution in [0.2, 0.25) is 0 Å². The summed E-state index contributed by atoms with van der Waals surface area (Å²) in [4.78, 5) is 14.1. The van der Waals surface area contributed by atoms with Crippen LogP contribution in [0.25, 0.3) is 6.08 Å². The van der Waals surface area contributed by atoms with Crippen LogP contribution in [-0.4, -0.2) is 24.1 Å². The van der Waals surface area contributed by atoms with Gasteiger partial charge in [-0.2, -0.15) is 0 Å². The van der Waals surface area contributed by atoms with Crippen molar-refractivity contribution >= 4 is 12.0 Å². The lowest BCUT2D eigenvalue weighted by atomic mass is 10.0. The summed E-state index contributed by atoms with van der Waals surface area (Å²) in [5, 5.41) is 0. The Balaban J connectivity index is 1.87. The highest BCUT2D eigenvalue weighted by atomic mass is 16.7. The van der Waals surface area contributed by atoms with Crippen LogP contribution in [0.3, 0.4) is 0 Å². The molecule has 0 N–H and O–H groups in total. The van der Waals surface area contributed by atoms with E-state index in [1.165, 1.54) is 0 Å². The largest absolute Gasteiger partial charge is 0.454 e. The maximum atomic E-state index is 12.2. The molecule has 1 aromatic rings. The van der Waals surface area contributed by atoms with Crippen LogP contribution in [0.4, 0.5) is 0 Å². The number of carbonyl (C=O) groups is 1. The van der Waals surface area contributed by atoms with E-state index >= 15 is 0 Å². The Hall–Kier alpha value is -1.97. The number of allylic oxidation sites excluding steroid dienone is 1. The lowest BCUT2D eigenvalue weighted by Crippen LogP contribution is -2.26. The van der Waals surface area contributed by atoms with Crippen molar-refractivity contribution in [3.8, 4) is 11.5 Å². The average molecular weight is 243 g/mol. The van der Waals surface area contributed by atoms with Crippen LogP contribution >= 0.6 is 0 Å². The van der Waals surface area contributed by atoms with Gasteiger partial charge in [0.2, 0.25) is 12.7 Å². The van der Waals surface area contributed by atoms with E-state index in [4.69, 9.17) is 9.47 Å². The standard InChI is InChI=1S/C14H13NO3/c16-14-7-10-6-13-12(17-8-18-13)5-9(10)4-11-2-1-3-15(11)14/h4-6H,1-3,7-8H2. The molecule has 3 aliphatic heterocycles. The smallest absolute Gasteiger partial charge is 0.231 e. The van der Waals surface area contributed by atoms with E-state index in [1.807, 2.05) is 17.0 Å². The summed E-state index contributed by atoms with van der Waals surface area (Å²) >= 11 is 0. The highest BCUT2D eigenvalue weighted by molar-refractivity contribution is 5.86. The van der Waals surface area contributed by atoms with Gasteiger partial charge in [-0.3, -0.25) is 4.79 Å². The van der Waals surface area contributed by atoms with Crippen LogP contribution in [0.15, 0.2) is 17.8 Å². The number of fused-ring (bicyclic) bond motifs is 3. The summed E-state index contributed by atoms with van der Waals surface area (Å²) in [6, 6.07) is 3.93. The number of amides is 1. The monoisotopic (exact) mass is 243 g/mol. The Labute approximate surface area is 105 Å². The lowest BCUT2D eigenvalue weighted by Gasteiger charge is -2.15. The summed E-state index contributed by atoms with van der Waals surface area (Å²) in [7, 11) is 0. The highest BCUT2D eigenvalue weighted by Crippen LogP contribution is 2.38. The maximum Gasteiger partial charge on any atom is 0.231 e. The summed E-state index contributed by atoms with van der Waals surface area (Å²) in [5.74, 6) is 1.72. The second kappa shape index (κ2) is 3.51. The summed E-state index contributed by atoms with van der Waals surface area (Å²) in [6.07, 6.45) is 4.62. The molecule has 92 valence electrons. The zero-order valence-corrected chi connectivity index (χ0v) is 9.94. The van der Waals surface area contributed by atoms with Gasteiger partial charge in [0.15, 0.2) is 11.5 Å². The molecule has 4 nitrogen and oxygen atoms in total. The third kappa shape index (κ3) is 1.35. The highest BCUT2D eigenvalue weighted by Gasteiger charge is 2.28. The van der Waals surface area contributed by atoms with E-state index in [-0.39, 0.29) is 12.7 Å². The lowest BCUT2D eigenvalue weighted by molar-refractivity contribution is -0.127. The van der Waals surface area contributed by atoms with Gasteiger partial charge in [0.25, 0.3) is 0 Å². The predicted molar refractivity (Wildman–Crippen MR) is 65.2 cm³/mol. The van der Waals surface area contributed by atoms with Crippen molar-refractivity contribution < 1.29 is 14.3 Å². The fourth-order valence-electron chi connectivity index (χ4n) is 2.86. The third-order valence-corrected chi connectivity index (χ3v) is 3.76. The molecule has 0 spiro atoms. The molecule has 18 heavy (non-hydrogen) atoms. The van der Waals surface area contributed by atoms with Gasteiger partial charge in [0.1, 0.15) is 0 Å². The van der Waals surface area contributed by atoms with E-state index in [2.05, 4.69) is 6.08 Å². The van der Waals surface area contributed by atoms with Gasteiger partial charge in [0, 0.05) is 12.2 Å². The maximum absolute atomic E-state index is 12.2. The first-order valence-electron chi connectivity index (χ1n) is 6.25. The molecule has 0 unspecified atom stereocenters. The molecule has 0 radical (unpaired) electrons. The Kier molecular flexibility index (Phi) is 1.95. The first-order valence-corrected chi connectivity index (χ1v) is 6.25. The molecule has 3 heterocycles. The van der Waals surface area contributed by atoms with Gasteiger partial charge in [-0.05, 0) is 42.2 Å².